The van der Waals surface area contributed by atoms with Gasteiger partial charge in [0.1, 0.15) is 5.54 Å². The Kier molecular flexibility index (Phi) is 3.08. The maximum atomic E-state index is 9.87. The molecule has 1 heterocycles. The third kappa shape index (κ3) is 1.96. The van der Waals surface area contributed by atoms with Crippen molar-refractivity contribution in [2.75, 3.05) is 33.2 Å². The fourth-order valence-electron chi connectivity index (χ4n) is 3.45. The molecule has 0 N–H and O–H groups in total. The van der Waals surface area contributed by atoms with E-state index in [0.717, 1.165) is 39.0 Å². The predicted octanol–water partition coefficient (Wildman–Crippen LogP) is 1.91. The molecule has 1 saturated heterocycles. The Morgan fingerprint density at radius 3 is 2.63 bits per heavy atom. The zero-order chi connectivity index (χ0) is 13.5. The fourth-order valence-corrected chi connectivity index (χ4v) is 3.45. The Morgan fingerprint density at radius 1 is 1.21 bits per heavy atom. The minimum absolute atomic E-state index is 0.372. The zero-order valence-electron chi connectivity index (χ0n) is 11.8. The Labute approximate surface area is 115 Å². The smallest absolute Gasteiger partial charge is 0.135 e. The molecule has 1 aromatic rings. The van der Waals surface area contributed by atoms with Crippen LogP contribution in [0.2, 0.25) is 0 Å². The molecule has 0 bridgehead atoms. The molecule has 1 unspecified atom stereocenters. The second kappa shape index (κ2) is 4.63. The number of piperazine rings is 1. The van der Waals surface area contributed by atoms with Crippen LogP contribution in [0.25, 0.3) is 0 Å². The standard InChI is InChI=1S/C16H21N3/c1-13-3-4-14-5-6-16(12-17,15(14)11-13)19-9-7-18(2)8-10-19/h3-4,11H,5-10H2,1-2H3. The molecule has 0 spiro atoms. The highest BCUT2D eigenvalue weighted by Crippen LogP contribution is 2.42. The molecule has 0 radical (unpaired) electrons. The van der Waals surface area contributed by atoms with Gasteiger partial charge in [0.25, 0.3) is 0 Å². The molecular weight excluding hydrogens is 234 g/mol. The molecule has 0 aromatic heterocycles. The van der Waals surface area contributed by atoms with Crippen LogP contribution in [0.1, 0.15) is 23.1 Å². The average Bonchev–Trinajstić information content (AvgIpc) is 2.79. The van der Waals surface area contributed by atoms with Gasteiger partial charge in [-0.25, -0.2) is 0 Å². The van der Waals surface area contributed by atoms with E-state index >= 15 is 0 Å². The summed E-state index contributed by atoms with van der Waals surface area (Å²) in [5, 5.41) is 9.87. The summed E-state index contributed by atoms with van der Waals surface area (Å²) in [6, 6.07) is 9.25. The zero-order valence-corrected chi connectivity index (χ0v) is 11.8. The molecule has 1 aliphatic heterocycles. The van der Waals surface area contributed by atoms with Crippen molar-refractivity contribution in [2.45, 2.75) is 25.3 Å². The van der Waals surface area contributed by atoms with Gasteiger partial charge in [-0.1, -0.05) is 23.8 Å². The van der Waals surface area contributed by atoms with E-state index in [4.69, 9.17) is 0 Å². The second-order valence-electron chi connectivity index (χ2n) is 5.92. The van der Waals surface area contributed by atoms with Crippen molar-refractivity contribution in [3.8, 4) is 6.07 Å². The van der Waals surface area contributed by atoms with Crippen molar-refractivity contribution in [3.63, 3.8) is 0 Å². The van der Waals surface area contributed by atoms with Crippen LogP contribution in [-0.2, 0) is 12.0 Å². The number of likely N-dealkylation sites (N-methyl/N-ethyl adjacent to an activating group) is 1. The highest BCUT2D eigenvalue weighted by atomic mass is 15.3. The lowest BCUT2D eigenvalue weighted by Gasteiger charge is -2.41. The van der Waals surface area contributed by atoms with Crippen LogP contribution in [0.5, 0.6) is 0 Å². The summed E-state index contributed by atoms with van der Waals surface area (Å²) in [7, 11) is 2.16. The highest BCUT2D eigenvalue weighted by Gasteiger charge is 2.44. The van der Waals surface area contributed by atoms with Gasteiger partial charge in [0, 0.05) is 26.2 Å². The van der Waals surface area contributed by atoms with Crippen LogP contribution in [0.4, 0.5) is 0 Å². The summed E-state index contributed by atoms with van der Waals surface area (Å²) < 4.78 is 0. The van der Waals surface area contributed by atoms with Gasteiger partial charge in [0.2, 0.25) is 0 Å². The van der Waals surface area contributed by atoms with E-state index in [0.29, 0.717) is 0 Å². The molecule has 0 amide bonds. The van der Waals surface area contributed by atoms with Crippen molar-refractivity contribution in [2.24, 2.45) is 0 Å². The first-order chi connectivity index (χ1) is 9.15. The molecule has 1 atom stereocenters. The lowest BCUT2D eigenvalue weighted by molar-refractivity contribution is 0.0726. The molecule has 2 aliphatic rings. The first kappa shape index (κ1) is 12.7. The van der Waals surface area contributed by atoms with Gasteiger partial charge in [-0.3, -0.25) is 4.90 Å². The SMILES string of the molecule is Cc1ccc2c(c1)C(C#N)(N1CCN(C)CC1)CC2. The minimum Gasteiger partial charge on any atom is -0.304 e. The highest BCUT2D eigenvalue weighted by molar-refractivity contribution is 5.45. The monoisotopic (exact) mass is 255 g/mol. The van der Waals surface area contributed by atoms with Gasteiger partial charge in [0.15, 0.2) is 0 Å². The predicted molar refractivity (Wildman–Crippen MR) is 75.9 cm³/mol. The molecule has 1 fully saturated rings. The Morgan fingerprint density at radius 2 is 1.95 bits per heavy atom. The molecule has 3 nitrogen and oxygen atoms in total. The van der Waals surface area contributed by atoms with Crippen LogP contribution in [0, 0.1) is 18.3 Å². The Balaban J connectivity index is 1.99. The van der Waals surface area contributed by atoms with Crippen LogP contribution in [0.15, 0.2) is 18.2 Å². The average molecular weight is 255 g/mol. The summed E-state index contributed by atoms with van der Waals surface area (Å²) >= 11 is 0. The molecule has 3 rings (SSSR count). The lowest BCUT2D eigenvalue weighted by atomic mass is 9.89. The van der Waals surface area contributed by atoms with E-state index in [-0.39, 0.29) is 5.54 Å². The van der Waals surface area contributed by atoms with Crippen LogP contribution in [0.3, 0.4) is 0 Å². The van der Waals surface area contributed by atoms with E-state index in [1.165, 1.54) is 16.7 Å². The van der Waals surface area contributed by atoms with Crippen LogP contribution in [-0.4, -0.2) is 43.0 Å². The first-order valence-electron chi connectivity index (χ1n) is 7.10. The normalized spacial score (nSPS) is 28.1. The van der Waals surface area contributed by atoms with Crippen LogP contribution < -0.4 is 0 Å². The van der Waals surface area contributed by atoms with Crippen LogP contribution >= 0.6 is 0 Å². The van der Waals surface area contributed by atoms with E-state index in [1.54, 1.807) is 0 Å². The maximum absolute atomic E-state index is 9.87. The number of nitrogens with zero attached hydrogens (tertiary/aromatic N) is 3. The number of fused-ring (bicyclic) bond motifs is 1. The largest absolute Gasteiger partial charge is 0.304 e. The van der Waals surface area contributed by atoms with Gasteiger partial charge in [-0.05, 0) is 37.9 Å². The Hall–Kier alpha value is -1.37. The van der Waals surface area contributed by atoms with E-state index in [9.17, 15) is 5.26 Å². The van der Waals surface area contributed by atoms with E-state index in [2.05, 4.69) is 48.0 Å². The number of benzene rings is 1. The molecule has 1 aliphatic carbocycles. The topological polar surface area (TPSA) is 30.3 Å². The van der Waals surface area contributed by atoms with E-state index < -0.39 is 0 Å². The summed E-state index contributed by atoms with van der Waals surface area (Å²) in [5.41, 5.74) is 3.52. The van der Waals surface area contributed by atoms with Crippen molar-refractivity contribution in [1.82, 2.24) is 9.80 Å². The summed E-state index contributed by atoms with van der Waals surface area (Å²) in [6.45, 7) is 6.23. The van der Waals surface area contributed by atoms with Gasteiger partial charge in [-0.2, -0.15) is 5.26 Å². The molecule has 19 heavy (non-hydrogen) atoms. The lowest BCUT2D eigenvalue weighted by Crippen LogP contribution is -2.53. The summed E-state index contributed by atoms with van der Waals surface area (Å²) in [4.78, 5) is 4.74. The summed E-state index contributed by atoms with van der Waals surface area (Å²) in [5.74, 6) is 0. The van der Waals surface area contributed by atoms with Gasteiger partial charge >= 0.3 is 0 Å². The number of rotatable bonds is 1. The first-order valence-corrected chi connectivity index (χ1v) is 7.10. The number of hydrogen-bond donors (Lipinski definition) is 0. The van der Waals surface area contributed by atoms with Gasteiger partial charge < -0.3 is 4.90 Å². The second-order valence-corrected chi connectivity index (χ2v) is 5.92. The van der Waals surface area contributed by atoms with Crippen molar-refractivity contribution in [3.05, 3.63) is 34.9 Å². The quantitative estimate of drug-likeness (QED) is 0.768. The fraction of sp³-hybridized carbons (Fsp3) is 0.562. The third-order valence-electron chi connectivity index (χ3n) is 4.70. The third-order valence-corrected chi connectivity index (χ3v) is 4.70. The molecule has 3 heteroatoms. The molecular formula is C16H21N3. The summed E-state index contributed by atoms with van der Waals surface area (Å²) in [6.07, 6.45) is 1.99. The van der Waals surface area contributed by atoms with Crippen molar-refractivity contribution < 1.29 is 0 Å². The van der Waals surface area contributed by atoms with Gasteiger partial charge in [0.05, 0.1) is 6.07 Å². The minimum atomic E-state index is -0.372. The number of nitriles is 1. The molecule has 100 valence electrons. The maximum Gasteiger partial charge on any atom is 0.135 e. The van der Waals surface area contributed by atoms with Crippen molar-refractivity contribution in [1.29, 1.82) is 5.26 Å². The number of hydrogen-bond acceptors (Lipinski definition) is 3. The number of aryl methyl sites for hydroxylation is 2. The van der Waals surface area contributed by atoms with E-state index in [1.807, 2.05) is 0 Å². The Bertz CT molecular complexity index is 523. The molecule has 0 saturated carbocycles. The molecule has 1 aromatic carbocycles. The van der Waals surface area contributed by atoms with Crippen molar-refractivity contribution >= 4 is 0 Å². The van der Waals surface area contributed by atoms with Gasteiger partial charge in [-0.15, -0.1) is 0 Å².